The van der Waals surface area contributed by atoms with Gasteiger partial charge < -0.3 is 25.5 Å². The van der Waals surface area contributed by atoms with E-state index < -0.39 is 36.8 Å². The number of alkyl halides is 1. The van der Waals surface area contributed by atoms with Crippen LogP contribution in [-0.4, -0.2) is 62.3 Å². The van der Waals surface area contributed by atoms with Crippen molar-refractivity contribution in [1.82, 2.24) is 0 Å². The molecule has 0 radical (unpaired) electrons. The van der Waals surface area contributed by atoms with Gasteiger partial charge in [-0.1, -0.05) is 0 Å². The van der Waals surface area contributed by atoms with Crippen LogP contribution in [0.5, 0.6) is 0 Å². The Hall–Kier alpha value is -0.670. The molecule has 0 unspecified atom stereocenters. The van der Waals surface area contributed by atoms with Crippen LogP contribution in [-0.2, 0) is 4.79 Å². The summed E-state index contributed by atoms with van der Waals surface area (Å²) in [6.07, 6.45) is -7.29. The van der Waals surface area contributed by atoms with Crippen molar-refractivity contribution < 1.29 is 39.1 Å². The molecule has 6 nitrogen and oxygen atoms in total. The topological polar surface area (TPSA) is 118 Å². The molecule has 0 heterocycles. The second-order valence-electron chi connectivity index (χ2n) is 2.63. The minimum Gasteiger partial charge on any atom is -0.394 e. The molecule has 0 aromatic carbocycles. The quantitative estimate of drug-likeness (QED) is 0.317. The van der Waals surface area contributed by atoms with Gasteiger partial charge in [-0.05, 0) is 0 Å². The third kappa shape index (κ3) is 2.66. The fraction of sp³-hybridized carbons (Fsp3) is 0.833. The lowest BCUT2D eigenvalue weighted by Crippen LogP contribution is -2.54. The highest BCUT2D eigenvalue weighted by Gasteiger charge is 2.49. The third-order valence-electron chi connectivity index (χ3n) is 1.57. The molecule has 0 aliphatic rings. The van der Waals surface area contributed by atoms with Crippen molar-refractivity contribution in [3.8, 4) is 0 Å². The summed E-state index contributed by atoms with van der Waals surface area (Å²) < 4.78 is 24.4. The van der Waals surface area contributed by atoms with E-state index in [2.05, 4.69) is 0 Å². The number of hydrogen-bond acceptors (Lipinski definition) is 6. The van der Waals surface area contributed by atoms with Gasteiger partial charge in [0, 0.05) is 0 Å². The Morgan fingerprint density at radius 1 is 1.36 bits per heavy atom. The van der Waals surface area contributed by atoms with Gasteiger partial charge in [0.05, 0.1) is 6.61 Å². The predicted octanol–water partition coefficient (Wildman–Crippen LogP) is -2.78. The van der Waals surface area contributed by atoms with Crippen molar-refractivity contribution in [2.75, 3.05) is 6.61 Å². The first kappa shape index (κ1) is 13.3. The van der Waals surface area contributed by atoms with E-state index >= 15 is 0 Å². The number of carbonyl (C=O) groups is 1. The summed E-state index contributed by atoms with van der Waals surface area (Å²) in [5.41, 5.74) is 0. The summed E-state index contributed by atoms with van der Waals surface area (Å²) in [7, 11) is 0. The highest BCUT2D eigenvalue weighted by atomic mass is 19.2. The average Bonchev–Trinajstić information content (AvgIpc) is 2.13. The summed E-state index contributed by atoms with van der Waals surface area (Å²) >= 11 is 0. The van der Waals surface area contributed by atoms with Gasteiger partial charge >= 0.3 is 11.9 Å². The molecule has 0 aliphatic heterocycles. The van der Waals surface area contributed by atoms with Crippen molar-refractivity contribution in [3.05, 3.63) is 0 Å². The maximum atomic E-state index is 12.6. The van der Waals surface area contributed by atoms with Gasteiger partial charge in [-0.2, -0.15) is 8.78 Å². The van der Waals surface area contributed by atoms with Gasteiger partial charge in [0.1, 0.15) is 12.2 Å². The summed E-state index contributed by atoms with van der Waals surface area (Å²) in [6, 6.07) is -2.91. The maximum absolute atomic E-state index is 12.6. The molecule has 0 spiro atoms. The molecule has 0 aromatic heterocycles. The Labute approximate surface area is 77.0 Å². The normalized spacial score (nSPS) is 22.2. The molecule has 84 valence electrons. The highest BCUT2D eigenvalue weighted by Crippen LogP contribution is 2.19. The molecule has 0 rings (SSSR count). The average molecular weight is 216 g/mol. The minimum absolute atomic E-state index is 1.06. The van der Waals surface area contributed by atoms with Gasteiger partial charge in [-0.3, -0.25) is 4.79 Å². The van der Waals surface area contributed by atoms with Crippen molar-refractivity contribution >= 4 is 6.04 Å². The van der Waals surface area contributed by atoms with Crippen molar-refractivity contribution in [3.63, 3.8) is 0 Å². The highest BCUT2D eigenvalue weighted by molar-refractivity contribution is 5.76. The fourth-order valence-corrected chi connectivity index (χ4v) is 0.661. The standard InChI is InChI=1S/C6H10F2O6/c7-5(13)6(8,14)4(12)3(11)2(10)1-9/h2-4,9-12,14H,1H2/t2-,3-,4+,6-/m1/s1. The lowest BCUT2D eigenvalue weighted by atomic mass is 10.0. The second-order valence-corrected chi connectivity index (χ2v) is 2.63. The van der Waals surface area contributed by atoms with Crippen LogP contribution in [0.25, 0.3) is 0 Å². The summed E-state index contributed by atoms with van der Waals surface area (Å²) in [4.78, 5) is 9.82. The Kier molecular flexibility index (Phi) is 4.49. The zero-order valence-electron chi connectivity index (χ0n) is 6.84. The van der Waals surface area contributed by atoms with Gasteiger partial charge in [0.2, 0.25) is 0 Å². The molecular weight excluding hydrogens is 206 g/mol. The number of rotatable bonds is 5. The lowest BCUT2D eigenvalue weighted by Gasteiger charge is -2.26. The van der Waals surface area contributed by atoms with E-state index in [1.165, 1.54) is 0 Å². The molecule has 0 aliphatic carbocycles. The van der Waals surface area contributed by atoms with Crippen molar-refractivity contribution in [2.45, 2.75) is 24.2 Å². The molecule has 8 heteroatoms. The predicted molar refractivity (Wildman–Crippen MR) is 37.3 cm³/mol. The van der Waals surface area contributed by atoms with E-state index in [-0.39, 0.29) is 0 Å². The molecule has 0 aromatic rings. The molecule has 5 N–H and O–H groups in total. The van der Waals surface area contributed by atoms with E-state index in [1.54, 1.807) is 0 Å². The van der Waals surface area contributed by atoms with Gasteiger partial charge in [-0.25, -0.2) is 0 Å². The van der Waals surface area contributed by atoms with Crippen LogP contribution in [0.3, 0.4) is 0 Å². The first-order valence-electron chi connectivity index (χ1n) is 3.51. The first-order chi connectivity index (χ1) is 6.25. The van der Waals surface area contributed by atoms with E-state index in [4.69, 9.17) is 25.5 Å². The molecule has 0 amide bonds. The maximum Gasteiger partial charge on any atom is 0.368 e. The first-order valence-corrected chi connectivity index (χ1v) is 3.51. The smallest absolute Gasteiger partial charge is 0.368 e. The van der Waals surface area contributed by atoms with E-state index in [0.717, 1.165) is 0 Å². The minimum atomic E-state index is -4.31. The molecule has 4 atom stereocenters. The van der Waals surface area contributed by atoms with E-state index in [0.29, 0.717) is 0 Å². The Balaban J connectivity index is 4.60. The SMILES string of the molecule is O=C(F)[C@@](O)(F)[C@@H](O)[C@H](O)[C@H](O)CO. The number of hydrogen-bond donors (Lipinski definition) is 5. The molecule has 0 saturated carbocycles. The Morgan fingerprint density at radius 3 is 2.07 bits per heavy atom. The van der Waals surface area contributed by atoms with Crippen LogP contribution < -0.4 is 0 Å². The summed E-state index contributed by atoms with van der Waals surface area (Å²) in [6.45, 7) is -1.06. The molecular formula is C6H10F2O6. The molecule has 0 fully saturated rings. The molecule has 0 bridgehead atoms. The van der Waals surface area contributed by atoms with Gasteiger partial charge in [0.25, 0.3) is 0 Å². The van der Waals surface area contributed by atoms with Crippen molar-refractivity contribution in [1.29, 1.82) is 0 Å². The van der Waals surface area contributed by atoms with Crippen LogP contribution in [0, 0.1) is 0 Å². The van der Waals surface area contributed by atoms with Crippen molar-refractivity contribution in [2.24, 2.45) is 0 Å². The Bertz CT molecular complexity index is 208. The third-order valence-corrected chi connectivity index (χ3v) is 1.57. The lowest BCUT2D eigenvalue weighted by molar-refractivity contribution is -0.222. The zero-order valence-corrected chi connectivity index (χ0v) is 6.84. The van der Waals surface area contributed by atoms with Crippen LogP contribution in [0.2, 0.25) is 0 Å². The number of halogens is 2. The van der Waals surface area contributed by atoms with Crippen LogP contribution in [0.4, 0.5) is 8.78 Å². The van der Waals surface area contributed by atoms with E-state index in [1.807, 2.05) is 0 Å². The van der Waals surface area contributed by atoms with Crippen LogP contribution >= 0.6 is 0 Å². The molecule has 0 saturated heterocycles. The largest absolute Gasteiger partial charge is 0.394 e. The van der Waals surface area contributed by atoms with Crippen LogP contribution in [0.15, 0.2) is 0 Å². The fourth-order valence-electron chi connectivity index (χ4n) is 0.661. The summed E-state index contributed by atoms with van der Waals surface area (Å²) in [5, 5.41) is 42.8. The second kappa shape index (κ2) is 4.71. The number of carbonyl (C=O) groups excluding carboxylic acids is 1. The van der Waals surface area contributed by atoms with Gasteiger partial charge in [-0.15, -0.1) is 0 Å². The Morgan fingerprint density at radius 2 is 1.79 bits per heavy atom. The number of aliphatic hydroxyl groups is 5. The zero-order chi connectivity index (χ0) is 11.5. The number of aliphatic hydroxyl groups excluding tert-OH is 4. The molecule has 14 heavy (non-hydrogen) atoms. The van der Waals surface area contributed by atoms with Crippen LogP contribution in [0.1, 0.15) is 0 Å². The van der Waals surface area contributed by atoms with E-state index in [9.17, 15) is 13.6 Å². The monoisotopic (exact) mass is 216 g/mol. The summed E-state index contributed by atoms with van der Waals surface area (Å²) in [5.74, 6) is -4.31. The van der Waals surface area contributed by atoms with Gasteiger partial charge in [0.15, 0.2) is 6.10 Å².